The molecule has 1 aliphatic heterocycles. The average molecular weight is 352 g/mol. The summed E-state index contributed by atoms with van der Waals surface area (Å²) in [6.07, 6.45) is 0.387. The fourth-order valence-corrected chi connectivity index (χ4v) is 4.91. The first-order valence-corrected chi connectivity index (χ1v) is 9.89. The van der Waals surface area contributed by atoms with Crippen LogP contribution in [-0.4, -0.2) is 31.7 Å². The Balaban J connectivity index is 2.18. The van der Waals surface area contributed by atoms with E-state index in [1.807, 2.05) is 40.7 Å². The van der Waals surface area contributed by atoms with Crippen LogP contribution in [0.5, 0.6) is 0 Å². The Hall–Kier alpha value is -1.17. The number of ether oxygens (including phenoxy) is 2. The van der Waals surface area contributed by atoms with E-state index in [4.69, 9.17) is 9.47 Å². The second-order valence-corrected chi connectivity index (χ2v) is 9.62. The van der Waals surface area contributed by atoms with Gasteiger partial charge in [-0.25, -0.2) is 8.42 Å². The molecule has 0 unspecified atom stereocenters. The first-order valence-electron chi connectivity index (χ1n) is 8.24. The second kappa shape index (κ2) is 6.62. The summed E-state index contributed by atoms with van der Waals surface area (Å²) in [5.74, 6) is -0.813. The van der Waals surface area contributed by atoms with Crippen LogP contribution in [0.4, 0.5) is 0 Å². The molecule has 134 valence electrons. The molecular weight excluding hydrogens is 324 g/mol. The molecule has 0 amide bonds. The standard InChI is InChI=1S/C19H28O4S/c1-14(2)15(12-17-18(3,4)23-19(5,6)22-17)13-24(20,21)16-10-8-7-9-11-16/h7-11,15,17H,1,12-13H2,2-6H3/t15-,17-/m0/s1. The molecule has 4 nitrogen and oxygen atoms in total. The molecule has 0 bridgehead atoms. The molecule has 1 aromatic rings. The van der Waals surface area contributed by atoms with Gasteiger partial charge in [-0.15, -0.1) is 0 Å². The molecule has 0 saturated carbocycles. The third-order valence-electron chi connectivity index (χ3n) is 4.43. The van der Waals surface area contributed by atoms with E-state index in [-0.39, 0.29) is 17.8 Å². The molecule has 24 heavy (non-hydrogen) atoms. The van der Waals surface area contributed by atoms with Gasteiger partial charge in [0.25, 0.3) is 0 Å². The lowest BCUT2D eigenvalue weighted by Crippen LogP contribution is -2.36. The minimum absolute atomic E-state index is 0.0305. The lowest BCUT2D eigenvalue weighted by atomic mass is 9.89. The molecule has 1 aromatic carbocycles. The Morgan fingerprint density at radius 3 is 2.25 bits per heavy atom. The van der Waals surface area contributed by atoms with Crippen molar-refractivity contribution in [2.24, 2.45) is 5.92 Å². The molecule has 0 N–H and O–H groups in total. The molecule has 0 aliphatic carbocycles. The Morgan fingerprint density at radius 2 is 1.79 bits per heavy atom. The van der Waals surface area contributed by atoms with Gasteiger partial charge < -0.3 is 9.47 Å². The van der Waals surface area contributed by atoms with Crippen molar-refractivity contribution >= 4 is 9.84 Å². The quantitative estimate of drug-likeness (QED) is 0.727. The minimum atomic E-state index is -3.37. The zero-order chi connectivity index (χ0) is 18.2. The lowest BCUT2D eigenvalue weighted by molar-refractivity contribution is -0.157. The van der Waals surface area contributed by atoms with E-state index in [1.165, 1.54) is 0 Å². The Morgan fingerprint density at radius 1 is 1.21 bits per heavy atom. The van der Waals surface area contributed by atoms with Crippen LogP contribution in [0.2, 0.25) is 0 Å². The highest BCUT2D eigenvalue weighted by molar-refractivity contribution is 7.91. The largest absolute Gasteiger partial charge is 0.344 e. The van der Waals surface area contributed by atoms with Crippen molar-refractivity contribution in [3.8, 4) is 0 Å². The van der Waals surface area contributed by atoms with E-state index in [1.54, 1.807) is 24.3 Å². The van der Waals surface area contributed by atoms with E-state index in [0.717, 1.165) is 5.57 Å². The normalized spacial score (nSPS) is 23.8. The average Bonchev–Trinajstić information content (AvgIpc) is 2.66. The van der Waals surface area contributed by atoms with Gasteiger partial charge in [0.15, 0.2) is 15.6 Å². The summed E-state index contributed by atoms with van der Waals surface area (Å²) in [5.41, 5.74) is 0.381. The van der Waals surface area contributed by atoms with Crippen molar-refractivity contribution in [3.05, 3.63) is 42.5 Å². The van der Waals surface area contributed by atoms with Crippen LogP contribution in [0.1, 0.15) is 41.0 Å². The molecule has 1 heterocycles. The van der Waals surface area contributed by atoms with Crippen LogP contribution >= 0.6 is 0 Å². The van der Waals surface area contributed by atoms with Crippen LogP contribution in [0.15, 0.2) is 47.4 Å². The number of rotatable bonds is 6. The Kier molecular flexibility index (Phi) is 5.28. The van der Waals surface area contributed by atoms with Crippen molar-refractivity contribution in [2.75, 3.05) is 5.75 Å². The summed E-state index contributed by atoms with van der Waals surface area (Å²) in [6.45, 7) is 13.6. The number of hydrogen-bond donors (Lipinski definition) is 0. The van der Waals surface area contributed by atoms with Gasteiger partial charge in [0.05, 0.1) is 22.4 Å². The van der Waals surface area contributed by atoms with Gasteiger partial charge in [0.1, 0.15) is 0 Å². The van der Waals surface area contributed by atoms with Gasteiger partial charge in [-0.3, -0.25) is 0 Å². The number of allylic oxidation sites excluding steroid dienone is 1. The van der Waals surface area contributed by atoms with E-state index in [2.05, 4.69) is 6.58 Å². The molecule has 0 radical (unpaired) electrons. The minimum Gasteiger partial charge on any atom is -0.344 e. The maximum Gasteiger partial charge on any atom is 0.178 e. The Labute approximate surface area is 145 Å². The highest BCUT2D eigenvalue weighted by Crippen LogP contribution is 2.40. The van der Waals surface area contributed by atoms with E-state index >= 15 is 0 Å². The molecule has 1 aliphatic rings. The van der Waals surface area contributed by atoms with Gasteiger partial charge in [-0.05, 0) is 59.1 Å². The first kappa shape index (κ1) is 19.2. The smallest absolute Gasteiger partial charge is 0.178 e. The van der Waals surface area contributed by atoms with Crippen LogP contribution in [0.25, 0.3) is 0 Å². The molecule has 1 saturated heterocycles. The van der Waals surface area contributed by atoms with E-state index in [9.17, 15) is 8.42 Å². The van der Waals surface area contributed by atoms with Crippen LogP contribution < -0.4 is 0 Å². The zero-order valence-electron chi connectivity index (χ0n) is 15.2. The van der Waals surface area contributed by atoms with Crippen molar-refractivity contribution in [2.45, 2.75) is 63.4 Å². The maximum absolute atomic E-state index is 12.7. The van der Waals surface area contributed by atoms with Gasteiger partial charge >= 0.3 is 0 Å². The SMILES string of the molecule is C=C(C)[C@@H](C[C@@H]1OC(C)(C)OC1(C)C)CS(=O)(=O)c1ccccc1. The molecule has 2 rings (SSSR count). The molecular formula is C19H28O4S. The predicted molar refractivity (Wildman–Crippen MR) is 95.5 cm³/mol. The summed E-state index contributed by atoms with van der Waals surface area (Å²) >= 11 is 0. The predicted octanol–water partition coefficient (Wildman–Crippen LogP) is 3.97. The van der Waals surface area contributed by atoms with Crippen molar-refractivity contribution in [3.63, 3.8) is 0 Å². The molecule has 1 fully saturated rings. The van der Waals surface area contributed by atoms with Crippen LogP contribution in [0, 0.1) is 5.92 Å². The highest BCUT2D eigenvalue weighted by atomic mass is 32.2. The molecule has 0 aromatic heterocycles. The van der Waals surface area contributed by atoms with Crippen LogP contribution in [-0.2, 0) is 19.3 Å². The molecule has 2 atom stereocenters. The summed E-state index contributed by atoms with van der Waals surface area (Å²) in [6, 6.07) is 8.55. The molecule has 0 spiro atoms. The highest BCUT2D eigenvalue weighted by Gasteiger charge is 2.47. The van der Waals surface area contributed by atoms with Crippen molar-refractivity contribution in [1.82, 2.24) is 0 Å². The monoisotopic (exact) mass is 352 g/mol. The van der Waals surface area contributed by atoms with Crippen molar-refractivity contribution in [1.29, 1.82) is 0 Å². The van der Waals surface area contributed by atoms with Crippen molar-refractivity contribution < 1.29 is 17.9 Å². The van der Waals surface area contributed by atoms with Gasteiger partial charge in [-0.2, -0.15) is 0 Å². The third kappa shape index (κ3) is 4.47. The third-order valence-corrected chi connectivity index (χ3v) is 6.26. The fourth-order valence-electron chi connectivity index (χ4n) is 3.20. The van der Waals surface area contributed by atoms with E-state index in [0.29, 0.717) is 11.3 Å². The fraction of sp³-hybridized carbons (Fsp3) is 0.579. The molecule has 5 heteroatoms. The second-order valence-electron chi connectivity index (χ2n) is 7.59. The zero-order valence-corrected chi connectivity index (χ0v) is 16.0. The number of hydrogen-bond acceptors (Lipinski definition) is 4. The Bertz CT molecular complexity index is 689. The maximum atomic E-state index is 12.7. The lowest BCUT2D eigenvalue weighted by Gasteiger charge is -2.27. The summed E-state index contributed by atoms with van der Waals surface area (Å²) in [7, 11) is -3.37. The summed E-state index contributed by atoms with van der Waals surface area (Å²) in [4.78, 5) is 0.347. The number of benzene rings is 1. The van der Waals surface area contributed by atoms with Gasteiger partial charge in [0, 0.05) is 0 Å². The first-order chi connectivity index (χ1) is 10.9. The topological polar surface area (TPSA) is 52.6 Å². The van der Waals surface area contributed by atoms with E-state index < -0.39 is 21.2 Å². The van der Waals surface area contributed by atoms with Gasteiger partial charge in [0.2, 0.25) is 0 Å². The summed E-state index contributed by atoms with van der Waals surface area (Å²) in [5, 5.41) is 0. The van der Waals surface area contributed by atoms with Gasteiger partial charge in [-0.1, -0.05) is 30.4 Å². The van der Waals surface area contributed by atoms with Crippen LogP contribution in [0.3, 0.4) is 0 Å². The summed E-state index contributed by atoms with van der Waals surface area (Å²) < 4.78 is 37.3. The number of sulfone groups is 1.